The molecule has 0 spiro atoms. The lowest BCUT2D eigenvalue weighted by molar-refractivity contribution is 0.606. The lowest BCUT2D eigenvalue weighted by Gasteiger charge is -2.22. The summed E-state index contributed by atoms with van der Waals surface area (Å²) in [6.45, 7) is 4.41. The summed E-state index contributed by atoms with van der Waals surface area (Å²) in [5.74, 6) is 0. The van der Waals surface area contributed by atoms with Crippen molar-refractivity contribution in [3.05, 3.63) is 64.1 Å². The molecule has 0 heterocycles. The summed E-state index contributed by atoms with van der Waals surface area (Å²) < 4.78 is 1.13. The van der Waals surface area contributed by atoms with E-state index in [1.54, 1.807) is 0 Å². The molecule has 1 atom stereocenters. The van der Waals surface area contributed by atoms with E-state index in [4.69, 9.17) is 0 Å². The summed E-state index contributed by atoms with van der Waals surface area (Å²) >= 11 is 3.53. The largest absolute Gasteiger partial charge is 0.378 e. The Bertz CT molecular complexity index is 551. The lowest BCUT2D eigenvalue weighted by Crippen LogP contribution is -2.11. The maximum Gasteiger partial charge on any atom is 0.0513 e. The number of benzene rings is 2. The number of unbranched alkanes of at least 4 members (excludes halogenated alkanes) is 2. The second-order valence-electron chi connectivity index (χ2n) is 5.56. The van der Waals surface area contributed by atoms with Crippen LogP contribution < -0.4 is 5.32 Å². The lowest BCUT2D eigenvalue weighted by atomic mass is 9.99. The number of aryl methyl sites for hydroxylation is 1. The second-order valence-corrected chi connectivity index (χ2v) is 6.48. The van der Waals surface area contributed by atoms with Gasteiger partial charge in [0.2, 0.25) is 0 Å². The molecule has 0 aliphatic rings. The topological polar surface area (TPSA) is 12.0 Å². The zero-order valence-electron chi connectivity index (χ0n) is 12.9. The standard InChI is InChI=1S/C19H24BrN/c1-3-4-6-11-19(16-9-7-5-8-10-16)21-18-13-12-17(20)14-15(18)2/h5,7-10,12-14,19,21H,3-4,6,11H2,1-2H3. The Kier molecular flexibility index (Phi) is 6.31. The fourth-order valence-corrected chi connectivity index (χ4v) is 3.06. The van der Waals surface area contributed by atoms with Crippen molar-refractivity contribution in [3.8, 4) is 0 Å². The smallest absolute Gasteiger partial charge is 0.0513 e. The molecule has 2 heteroatoms. The summed E-state index contributed by atoms with van der Waals surface area (Å²) in [6.07, 6.45) is 5.00. The van der Waals surface area contributed by atoms with E-state index < -0.39 is 0 Å². The number of rotatable bonds is 7. The molecular weight excluding hydrogens is 322 g/mol. The van der Waals surface area contributed by atoms with Gasteiger partial charge in [0.05, 0.1) is 6.04 Å². The van der Waals surface area contributed by atoms with Crippen LogP contribution in [0.3, 0.4) is 0 Å². The van der Waals surface area contributed by atoms with Crippen molar-refractivity contribution < 1.29 is 0 Å². The van der Waals surface area contributed by atoms with Crippen LogP contribution in [0.25, 0.3) is 0 Å². The van der Waals surface area contributed by atoms with E-state index in [0.717, 1.165) is 4.47 Å². The predicted octanol–water partition coefficient (Wildman–Crippen LogP) is 6.49. The molecule has 112 valence electrons. The molecule has 2 aromatic carbocycles. The second kappa shape index (κ2) is 8.23. The van der Waals surface area contributed by atoms with Gasteiger partial charge in [0.25, 0.3) is 0 Å². The molecule has 2 rings (SSSR count). The quantitative estimate of drug-likeness (QED) is 0.565. The van der Waals surface area contributed by atoms with Gasteiger partial charge in [-0.2, -0.15) is 0 Å². The third-order valence-corrected chi connectivity index (χ3v) is 4.31. The van der Waals surface area contributed by atoms with Gasteiger partial charge >= 0.3 is 0 Å². The van der Waals surface area contributed by atoms with Crippen LogP contribution in [0, 0.1) is 6.92 Å². The van der Waals surface area contributed by atoms with Gasteiger partial charge in [-0.3, -0.25) is 0 Å². The van der Waals surface area contributed by atoms with Crippen molar-refractivity contribution in [3.63, 3.8) is 0 Å². The van der Waals surface area contributed by atoms with Gasteiger partial charge in [-0.15, -0.1) is 0 Å². The molecule has 21 heavy (non-hydrogen) atoms. The normalized spacial score (nSPS) is 12.1. The first-order valence-electron chi connectivity index (χ1n) is 7.78. The predicted molar refractivity (Wildman–Crippen MR) is 95.8 cm³/mol. The maximum absolute atomic E-state index is 3.73. The average molecular weight is 346 g/mol. The van der Waals surface area contributed by atoms with Crippen LogP contribution in [0.1, 0.15) is 49.8 Å². The first-order chi connectivity index (χ1) is 10.2. The Morgan fingerprint density at radius 1 is 1.05 bits per heavy atom. The van der Waals surface area contributed by atoms with Crippen LogP contribution in [0.5, 0.6) is 0 Å². The monoisotopic (exact) mass is 345 g/mol. The molecule has 1 nitrogen and oxygen atoms in total. The molecule has 0 aliphatic carbocycles. The third-order valence-electron chi connectivity index (χ3n) is 3.82. The van der Waals surface area contributed by atoms with Crippen molar-refractivity contribution >= 4 is 21.6 Å². The summed E-state index contributed by atoms with van der Waals surface area (Å²) in [5.41, 5.74) is 3.88. The highest BCUT2D eigenvalue weighted by Gasteiger charge is 2.12. The van der Waals surface area contributed by atoms with Crippen molar-refractivity contribution in [1.29, 1.82) is 0 Å². The molecule has 0 fully saturated rings. The minimum Gasteiger partial charge on any atom is -0.378 e. The fraction of sp³-hybridized carbons (Fsp3) is 0.368. The molecule has 1 N–H and O–H groups in total. The van der Waals surface area contributed by atoms with Crippen molar-refractivity contribution in [2.24, 2.45) is 0 Å². The van der Waals surface area contributed by atoms with Crippen LogP contribution in [-0.2, 0) is 0 Å². The SMILES string of the molecule is CCCCCC(Nc1ccc(Br)cc1C)c1ccccc1. The fourth-order valence-electron chi connectivity index (χ4n) is 2.58. The molecule has 2 aromatic rings. The van der Waals surface area contributed by atoms with Gasteiger partial charge in [0, 0.05) is 10.2 Å². The van der Waals surface area contributed by atoms with Gasteiger partial charge < -0.3 is 5.32 Å². The molecule has 1 unspecified atom stereocenters. The van der Waals surface area contributed by atoms with Gasteiger partial charge in [-0.05, 0) is 42.7 Å². The number of hydrogen-bond donors (Lipinski definition) is 1. The van der Waals surface area contributed by atoms with Crippen LogP contribution >= 0.6 is 15.9 Å². The van der Waals surface area contributed by atoms with Gasteiger partial charge in [0.15, 0.2) is 0 Å². The summed E-state index contributed by atoms with van der Waals surface area (Å²) in [4.78, 5) is 0. The van der Waals surface area contributed by atoms with E-state index in [2.05, 4.69) is 83.6 Å². The molecule has 0 amide bonds. The van der Waals surface area contributed by atoms with Crippen molar-refractivity contribution in [2.45, 2.75) is 45.6 Å². The zero-order valence-corrected chi connectivity index (χ0v) is 14.5. The Morgan fingerprint density at radius 2 is 1.81 bits per heavy atom. The van der Waals surface area contributed by atoms with Gasteiger partial charge in [-0.1, -0.05) is 72.4 Å². The van der Waals surface area contributed by atoms with Crippen LogP contribution in [0.15, 0.2) is 53.0 Å². The van der Waals surface area contributed by atoms with Crippen LogP contribution in [-0.4, -0.2) is 0 Å². The zero-order chi connectivity index (χ0) is 15.1. The Hall–Kier alpha value is -1.28. The molecule has 0 aliphatic heterocycles. The molecule has 0 radical (unpaired) electrons. The number of nitrogens with one attached hydrogen (secondary N) is 1. The van der Waals surface area contributed by atoms with E-state index in [1.165, 1.54) is 42.5 Å². The minimum absolute atomic E-state index is 0.387. The van der Waals surface area contributed by atoms with E-state index in [-0.39, 0.29) is 0 Å². The first kappa shape index (κ1) is 16.1. The number of anilines is 1. The van der Waals surface area contributed by atoms with E-state index in [9.17, 15) is 0 Å². The summed E-state index contributed by atoms with van der Waals surface area (Å²) in [5, 5.41) is 3.73. The van der Waals surface area contributed by atoms with Crippen LogP contribution in [0.2, 0.25) is 0 Å². The highest BCUT2D eigenvalue weighted by molar-refractivity contribution is 9.10. The molecular formula is C19H24BrN. The summed E-state index contributed by atoms with van der Waals surface area (Å²) in [6, 6.07) is 17.6. The number of hydrogen-bond acceptors (Lipinski definition) is 1. The van der Waals surface area contributed by atoms with Crippen molar-refractivity contribution in [2.75, 3.05) is 5.32 Å². The highest BCUT2D eigenvalue weighted by Crippen LogP contribution is 2.28. The van der Waals surface area contributed by atoms with Crippen LogP contribution in [0.4, 0.5) is 5.69 Å². The van der Waals surface area contributed by atoms with Crippen molar-refractivity contribution in [1.82, 2.24) is 0 Å². The first-order valence-corrected chi connectivity index (χ1v) is 8.57. The molecule has 0 bridgehead atoms. The van der Waals surface area contributed by atoms with E-state index in [0.29, 0.717) is 6.04 Å². The minimum atomic E-state index is 0.387. The highest BCUT2D eigenvalue weighted by atomic mass is 79.9. The average Bonchev–Trinajstić information content (AvgIpc) is 2.49. The Labute approximate surface area is 136 Å². The molecule has 0 saturated heterocycles. The summed E-state index contributed by atoms with van der Waals surface area (Å²) in [7, 11) is 0. The van der Waals surface area contributed by atoms with Gasteiger partial charge in [-0.25, -0.2) is 0 Å². The third kappa shape index (κ3) is 4.89. The van der Waals surface area contributed by atoms with E-state index >= 15 is 0 Å². The van der Waals surface area contributed by atoms with E-state index in [1.807, 2.05) is 0 Å². The molecule has 0 saturated carbocycles. The van der Waals surface area contributed by atoms with Gasteiger partial charge in [0.1, 0.15) is 0 Å². The number of halogens is 1. The Balaban J connectivity index is 2.15. The Morgan fingerprint density at radius 3 is 2.48 bits per heavy atom. The maximum atomic E-state index is 3.73. The molecule has 0 aromatic heterocycles.